The number of thioether (sulfide) groups is 1. The third-order valence-corrected chi connectivity index (χ3v) is 4.09. The van der Waals surface area contributed by atoms with E-state index in [2.05, 4.69) is 11.6 Å². The molecule has 0 aromatic heterocycles. The highest BCUT2D eigenvalue weighted by Gasteiger charge is 2.35. The van der Waals surface area contributed by atoms with Gasteiger partial charge in [-0.1, -0.05) is 12.5 Å². The van der Waals surface area contributed by atoms with E-state index in [1.807, 2.05) is 11.8 Å². The Hall–Kier alpha value is -0.480. The smallest absolute Gasteiger partial charge is 0.328 e. The van der Waals surface area contributed by atoms with Crippen LogP contribution in [0.2, 0.25) is 0 Å². The lowest BCUT2D eigenvalue weighted by Gasteiger charge is -2.40. The molecule has 2 N–H and O–H groups in total. The molecule has 4 heteroatoms. The van der Waals surface area contributed by atoms with Crippen molar-refractivity contribution >= 4 is 17.7 Å². The summed E-state index contributed by atoms with van der Waals surface area (Å²) >= 11 is 1.92. The van der Waals surface area contributed by atoms with Crippen molar-refractivity contribution in [2.24, 2.45) is 0 Å². The lowest BCUT2D eigenvalue weighted by atomic mass is 9.84. The summed E-state index contributed by atoms with van der Waals surface area (Å²) in [5.41, 5.74) is 0. The van der Waals surface area contributed by atoms with Crippen LogP contribution in [0.5, 0.6) is 0 Å². The Morgan fingerprint density at radius 3 is 2.79 bits per heavy atom. The summed E-state index contributed by atoms with van der Waals surface area (Å²) in [6.45, 7) is 1.63. The SMILES string of the molecule is CSC1(CNC/C=C/C(=O)O)CCC1. The first kappa shape index (κ1) is 11.6. The Morgan fingerprint density at radius 2 is 2.36 bits per heavy atom. The van der Waals surface area contributed by atoms with Crippen molar-refractivity contribution in [2.45, 2.75) is 24.0 Å². The van der Waals surface area contributed by atoms with Gasteiger partial charge in [-0.25, -0.2) is 4.79 Å². The zero-order valence-corrected chi connectivity index (χ0v) is 9.27. The first-order chi connectivity index (χ1) is 6.68. The highest BCUT2D eigenvalue weighted by Crippen LogP contribution is 2.41. The standard InChI is InChI=1S/C10H17NO2S/c1-14-10(5-3-6-10)8-11-7-2-4-9(12)13/h2,4,11H,3,5-8H2,1H3,(H,12,13)/b4-2+. The van der Waals surface area contributed by atoms with Crippen LogP contribution in [0.1, 0.15) is 19.3 Å². The lowest BCUT2D eigenvalue weighted by Crippen LogP contribution is -2.43. The number of rotatable bonds is 6. The van der Waals surface area contributed by atoms with Crippen molar-refractivity contribution in [3.05, 3.63) is 12.2 Å². The molecule has 1 rings (SSSR count). The van der Waals surface area contributed by atoms with Gasteiger partial charge in [-0.15, -0.1) is 0 Å². The molecule has 0 heterocycles. The minimum Gasteiger partial charge on any atom is -0.478 e. The molecule has 0 saturated heterocycles. The van der Waals surface area contributed by atoms with Crippen molar-refractivity contribution < 1.29 is 9.90 Å². The van der Waals surface area contributed by atoms with Crippen molar-refractivity contribution in [3.63, 3.8) is 0 Å². The Bertz CT molecular complexity index is 219. The van der Waals surface area contributed by atoms with Gasteiger partial charge in [0, 0.05) is 23.9 Å². The van der Waals surface area contributed by atoms with Crippen molar-refractivity contribution in [3.8, 4) is 0 Å². The van der Waals surface area contributed by atoms with Crippen LogP contribution in [0.25, 0.3) is 0 Å². The minimum atomic E-state index is -0.880. The van der Waals surface area contributed by atoms with E-state index in [0.717, 1.165) is 6.54 Å². The maximum atomic E-state index is 10.2. The summed E-state index contributed by atoms with van der Waals surface area (Å²) in [6.07, 6.45) is 8.86. The molecule has 0 bridgehead atoms. The van der Waals surface area contributed by atoms with Crippen LogP contribution in [0, 0.1) is 0 Å². The number of carbonyl (C=O) groups is 1. The molecule has 14 heavy (non-hydrogen) atoms. The quantitative estimate of drug-likeness (QED) is 0.521. The molecule has 0 amide bonds. The fraction of sp³-hybridized carbons (Fsp3) is 0.700. The maximum absolute atomic E-state index is 10.2. The van der Waals surface area contributed by atoms with Crippen molar-refractivity contribution in [1.82, 2.24) is 5.32 Å². The summed E-state index contributed by atoms with van der Waals surface area (Å²) in [5, 5.41) is 11.6. The number of hydrogen-bond donors (Lipinski definition) is 2. The minimum absolute atomic E-state index is 0.428. The van der Waals surface area contributed by atoms with E-state index in [-0.39, 0.29) is 0 Å². The summed E-state index contributed by atoms with van der Waals surface area (Å²) in [5.74, 6) is -0.880. The Kier molecular flexibility index (Phi) is 4.48. The molecule has 0 aromatic rings. The topological polar surface area (TPSA) is 49.3 Å². The zero-order chi connectivity index (χ0) is 10.4. The number of carboxylic acid groups (broad SMARTS) is 1. The molecule has 0 atom stereocenters. The summed E-state index contributed by atoms with van der Waals surface area (Å²) in [6, 6.07) is 0. The molecule has 0 aromatic carbocycles. The molecule has 0 spiro atoms. The first-order valence-electron chi connectivity index (χ1n) is 4.84. The van der Waals surface area contributed by atoms with E-state index < -0.39 is 5.97 Å². The molecular formula is C10H17NO2S. The summed E-state index contributed by atoms with van der Waals surface area (Å²) < 4.78 is 0.428. The Morgan fingerprint density at radius 1 is 1.64 bits per heavy atom. The highest BCUT2D eigenvalue weighted by molar-refractivity contribution is 8.00. The third kappa shape index (κ3) is 3.35. The van der Waals surface area contributed by atoms with Crippen LogP contribution in [-0.2, 0) is 4.79 Å². The van der Waals surface area contributed by atoms with E-state index >= 15 is 0 Å². The van der Waals surface area contributed by atoms with Crippen LogP contribution >= 0.6 is 11.8 Å². The average Bonchev–Trinajstić information content (AvgIpc) is 2.08. The van der Waals surface area contributed by atoms with Gasteiger partial charge in [-0.3, -0.25) is 0 Å². The fourth-order valence-electron chi connectivity index (χ4n) is 1.57. The number of aliphatic carboxylic acids is 1. The normalized spacial score (nSPS) is 19.5. The van der Waals surface area contributed by atoms with E-state index in [9.17, 15) is 4.79 Å². The van der Waals surface area contributed by atoms with Gasteiger partial charge in [-0.2, -0.15) is 11.8 Å². The molecule has 0 radical (unpaired) electrons. The van der Waals surface area contributed by atoms with E-state index in [0.29, 0.717) is 11.3 Å². The molecule has 0 aliphatic heterocycles. The average molecular weight is 215 g/mol. The molecule has 1 aliphatic carbocycles. The van der Waals surface area contributed by atoms with Gasteiger partial charge in [0.05, 0.1) is 0 Å². The molecule has 1 saturated carbocycles. The molecule has 1 aliphatic rings. The van der Waals surface area contributed by atoms with Crippen LogP contribution in [0.3, 0.4) is 0 Å². The van der Waals surface area contributed by atoms with E-state index in [4.69, 9.17) is 5.11 Å². The molecule has 80 valence electrons. The second-order valence-electron chi connectivity index (χ2n) is 3.61. The highest BCUT2D eigenvalue weighted by atomic mass is 32.2. The maximum Gasteiger partial charge on any atom is 0.328 e. The second-order valence-corrected chi connectivity index (χ2v) is 4.89. The van der Waals surface area contributed by atoms with Crippen molar-refractivity contribution in [2.75, 3.05) is 19.3 Å². The third-order valence-electron chi connectivity index (χ3n) is 2.67. The largest absolute Gasteiger partial charge is 0.478 e. The van der Waals surface area contributed by atoms with Gasteiger partial charge < -0.3 is 10.4 Å². The van der Waals surface area contributed by atoms with Crippen LogP contribution in [-0.4, -0.2) is 35.2 Å². The van der Waals surface area contributed by atoms with E-state index in [1.54, 1.807) is 6.08 Å². The summed E-state index contributed by atoms with van der Waals surface area (Å²) in [4.78, 5) is 10.2. The number of carboxylic acids is 1. The summed E-state index contributed by atoms with van der Waals surface area (Å²) in [7, 11) is 0. The van der Waals surface area contributed by atoms with Crippen LogP contribution in [0.4, 0.5) is 0 Å². The fourth-order valence-corrected chi connectivity index (χ4v) is 2.51. The van der Waals surface area contributed by atoms with Gasteiger partial charge in [0.1, 0.15) is 0 Å². The molecular weight excluding hydrogens is 198 g/mol. The molecule has 3 nitrogen and oxygen atoms in total. The Labute approximate surface area is 89.0 Å². The molecule has 0 unspecified atom stereocenters. The van der Waals surface area contributed by atoms with E-state index in [1.165, 1.54) is 25.3 Å². The zero-order valence-electron chi connectivity index (χ0n) is 8.45. The van der Waals surface area contributed by atoms with Gasteiger partial charge in [0.2, 0.25) is 0 Å². The second kappa shape index (κ2) is 5.41. The first-order valence-corrected chi connectivity index (χ1v) is 6.06. The Balaban J connectivity index is 2.11. The predicted octanol–water partition coefficient (Wildman–Crippen LogP) is 1.50. The molecule has 1 fully saturated rings. The van der Waals surface area contributed by atoms with Gasteiger partial charge >= 0.3 is 5.97 Å². The van der Waals surface area contributed by atoms with Gasteiger partial charge in [0.15, 0.2) is 0 Å². The van der Waals surface area contributed by atoms with Crippen LogP contribution in [0.15, 0.2) is 12.2 Å². The predicted molar refractivity (Wildman–Crippen MR) is 59.7 cm³/mol. The number of hydrogen-bond acceptors (Lipinski definition) is 3. The van der Waals surface area contributed by atoms with Crippen LogP contribution < -0.4 is 5.32 Å². The number of nitrogens with one attached hydrogen (secondary N) is 1. The van der Waals surface area contributed by atoms with Gasteiger partial charge in [-0.05, 0) is 19.1 Å². The van der Waals surface area contributed by atoms with Gasteiger partial charge in [0.25, 0.3) is 0 Å². The monoisotopic (exact) mass is 215 g/mol. The van der Waals surface area contributed by atoms with Crippen molar-refractivity contribution in [1.29, 1.82) is 0 Å². The lowest BCUT2D eigenvalue weighted by molar-refractivity contribution is -0.131.